The molecule has 8 heteroatoms. The summed E-state index contributed by atoms with van der Waals surface area (Å²) in [6, 6.07) is 13.8. The van der Waals surface area contributed by atoms with Crippen molar-refractivity contribution >= 4 is 23.3 Å². The highest BCUT2D eigenvalue weighted by molar-refractivity contribution is 6.31. The van der Waals surface area contributed by atoms with Crippen LogP contribution in [-0.4, -0.2) is 53.9 Å². The van der Waals surface area contributed by atoms with Crippen LogP contribution in [0.4, 0.5) is 0 Å². The summed E-state index contributed by atoms with van der Waals surface area (Å²) in [5.74, 6) is -0.348. The van der Waals surface area contributed by atoms with Gasteiger partial charge in [0.25, 0.3) is 0 Å². The van der Waals surface area contributed by atoms with E-state index in [9.17, 15) is 15.0 Å². The first-order valence-corrected chi connectivity index (χ1v) is 12.4. The Morgan fingerprint density at radius 1 is 1.17 bits per heavy atom. The number of aliphatic hydroxyl groups is 2. The highest BCUT2D eigenvalue weighted by Crippen LogP contribution is 2.34. The summed E-state index contributed by atoms with van der Waals surface area (Å²) < 4.78 is 11.3. The highest BCUT2D eigenvalue weighted by Gasteiger charge is 2.38. The Labute approximate surface area is 211 Å². The van der Waals surface area contributed by atoms with Gasteiger partial charge < -0.3 is 24.5 Å². The van der Waals surface area contributed by atoms with Gasteiger partial charge in [0, 0.05) is 17.9 Å². The van der Waals surface area contributed by atoms with Crippen molar-refractivity contribution in [2.24, 2.45) is 5.16 Å². The van der Waals surface area contributed by atoms with E-state index in [0.717, 1.165) is 34.4 Å². The molecule has 3 rings (SSSR count). The Morgan fingerprint density at radius 2 is 1.91 bits per heavy atom. The van der Waals surface area contributed by atoms with Crippen molar-refractivity contribution in [2.45, 2.75) is 70.4 Å². The van der Waals surface area contributed by atoms with Gasteiger partial charge in [-0.1, -0.05) is 67.0 Å². The van der Waals surface area contributed by atoms with Crippen LogP contribution in [0, 0.1) is 0 Å². The third kappa shape index (κ3) is 7.27. The molecule has 2 aromatic carbocycles. The van der Waals surface area contributed by atoms with E-state index < -0.39 is 24.4 Å². The fraction of sp³-hybridized carbons (Fsp3) is 0.481. The van der Waals surface area contributed by atoms with Crippen LogP contribution in [0.5, 0.6) is 0 Å². The van der Waals surface area contributed by atoms with Crippen LogP contribution in [0.25, 0.3) is 0 Å². The Hall–Kier alpha value is -2.45. The first-order chi connectivity index (χ1) is 16.9. The second-order valence-electron chi connectivity index (χ2n) is 8.69. The Morgan fingerprint density at radius 3 is 2.57 bits per heavy atom. The van der Waals surface area contributed by atoms with Gasteiger partial charge in [-0.3, -0.25) is 4.79 Å². The number of hydrogen-bond acceptors (Lipinski definition) is 7. The summed E-state index contributed by atoms with van der Waals surface area (Å²) >= 11 is 6.50. The summed E-state index contributed by atoms with van der Waals surface area (Å²) in [5.41, 5.74) is 4.74. The molecular formula is C27H34ClNO6. The van der Waals surface area contributed by atoms with Crippen LogP contribution in [0.1, 0.15) is 67.9 Å². The van der Waals surface area contributed by atoms with Crippen molar-refractivity contribution in [1.29, 1.82) is 0 Å². The van der Waals surface area contributed by atoms with E-state index in [1.807, 2.05) is 56.3 Å². The molecule has 0 aliphatic carbocycles. The highest BCUT2D eigenvalue weighted by atomic mass is 35.5. The van der Waals surface area contributed by atoms with E-state index in [-0.39, 0.29) is 19.0 Å². The van der Waals surface area contributed by atoms with Gasteiger partial charge in [0.15, 0.2) is 0 Å². The molecule has 2 aromatic rings. The van der Waals surface area contributed by atoms with Gasteiger partial charge in [0.1, 0.15) is 25.9 Å². The fourth-order valence-corrected chi connectivity index (χ4v) is 4.34. The van der Waals surface area contributed by atoms with E-state index in [2.05, 4.69) is 5.16 Å². The van der Waals surface area contributed by atoms with Crippen LogP contribution in [0.15, 0.2) is 47.6 Å². The average Bonchev–Trinajstić information content (AvgIpc) is 2.85. The lowest BCUT2D eigenvalue weighted by Gasteiger charge is -2.37. The minimum atomic E-state index is -1.12. The van der Waals surface area contributed by atoms with Crippen LogP contribution in [-0.2, 0) is 25.5 Å². The number of ether oxygens (including phenoxy) is 2. The molecule has 2 N–H and O–H groups in total. The largest absolute Gasteiger partial charge is 0.463 e. The first-order valence-electron chi connectivity index (χ1n) is 12.0. The second kappa shape index (κ2) is 13.0. The first kappa shape index (κ1) is 27.1. The normalized spacial score (nSPS) is 22.6. The van der Waals surface area contributed by atoms with Crippen molar-refractivity contribution < 1.29 is 29.3 Å². The molecular weight excluding hydrogens is 470 g/mol. The molecule has 3 unspecified atom stereocenters. The van der Waals surface area contributed by atoms with Crippen molar-refractivity contribution in [3.05, 3.63) is 69.7 Å². The number of carbonyl (C=O) groups excluding carboxylic acids is 1. The maximum Gasteiger partial charge on any atom is 0.305 e. The van der Waals surface area contributed by atoms with Crippen LogP contribution >= 0.6 is 11.6 Å². The monoisotopic (exact) mass is 503 g/mol. The minimum absolute atomic E-state index is 0.105. The molecule has 0 spiro atoms. The third-order valence-electron chi connectivity index (χ3n) is 6.09. The maximum absolute atomic E-state index is 11.7. The molecule has 1 saturated heterocycles. The smallest absolute Gasteiger partial charge is 0.305 e. The molecule has 0 aromatic heterocycles. The lowest BCUT2D eigenvalue weighted by atomic mass is 9.92. The van der Waals surface area contributed by atoms with Crippen LogP contribution < -0.4 is 0 Å². The van der Waals surface area contributed by atoms with E-state index in [1.165, 1.54) is 7.11 Å². The standard InChI is InChI=1S/C27H34ClNO6/c1-4-6-26(31)34-16-25-27(32)23(30)15-24(35-25)19-11-12-21(28)20(14-19)13-17-7-9-18(10-8-17)22(5-2)29-33-3/h7-12,14,23-25,27,30,32H,4-6,13,15-16H2,1-3H3/b29-22+/t23?,24?,25?,27-/m0/s1. The Balaban J connectivity index is 1.73. The lowest BCUT2D eigenvalue weighted by molar-refractivity contribution is -0.191. The molecule has 0 radical (unpaired) electrons. The predicted molar refractivity (Wildman–Crippen MR) is 135 cm³/mol. The third-order valence-corrected chi connectivity index (χ3v) is 6.46. The minimum Gasteiger partial charge on any atom is -0.463 e. The predicted octanol–water partition coefficient (Wildman–Crippen LogP) is 4.59. The van der Waals surface area contributed by atoms with Crippen molar-refractivity contribution in [3.8, 4) is 0 Å². The molecule has 4 atom stereocenters. The summed E-state index contributed by atoms with van der Waals surface area (Å²) in [6.07, 6.45) is -0.790. The number of aliphatic hydroxyl groups excluding tert-OH is 2. The van der Waals surface area contributed by atoms with Gasteiger partial charge in [-0.15, -0.1) is 0 Å². The summed E-state index contributed by atoms with van der Waals surface area (Å²) in [4.78, 5) is 16.7. The number of nitrogens with zero attached hydrogens (tertiary/aromatic N) is 1. The van der Waals surface area contributed by atoms with Crippen LogP contribution in [0.2, 0.25) is 5.02 Å². The molecule has 7 nitrogen and oxygen atoms in total. The molecule has 190 valence electrons. The Bertz CT molecular complexity index is 1010. The molecule has 1 heterocycles. The van der Waals surface area contributed by atoms with Crippen molar-refractivity contribution in [2.75, 3.05) is 13.7 Å². The zero-order valence-electron chi connectivity index (χ0n) is 20.4. The Kier molecular flexibility index (Phi) is 10.1. The van der Waals surface area contributed by atoms with Crippen molar-refractivity contribution in [1.82, 2.24) is 0 Å². The number of hydrogen-bond donors (Lipinski definition) is 2. The molecule has 1 aliphatic rings. The molecule has 1 aliphatic heterocycles. The topological polar surface area (TPSA) is 97.6 Å². The number of oxime groups is 1. The zero-order chi connectivity index (χ0) is 25.4. The number of carbonyl (C=O) groups is 1. The van der Waals surface area contributed by atoms with Crippen LogP contribution in [0.3, 0.4) is 0 Å². The molecule has 0 saturated carbocycles. The average molecular weight is 504 g/mol. The quantitative estimate of drug-likeness (QED) is 0.279. The number of benzene rings is 2. The molecule has 35 heavy (non-hydrogen) atoms. The van der Waals surface area contributed by atoms with Gasteiger partial charge in [0.05, 0.1) is 17.9 Å². The van der Waals surface area contributed by atoms with E-state index in [0.29, 0.717) is 24.3 Å². The lowest BCUT2D eigenvalue weighted by Crippen LogP contribution is -2.48. The van der Waals surface area contributed by atoms with Gasteiger partial charge >= 0.3 is 5.97 Å². The van der Waals surface area contributed by atoms with Gasteiger partial charge in [-0.2, -0.15) is 0 Å². The maximum atomic E-state index is 11.7. The second-order valence-corrected chi connectivity index (χ2v) is 9.10. The molecule has 1 fully saturated rings. The molecule has 0 amide bonds. The summed E-state index contributed by atoms with van der Waals surface area (Å²) in [7, 11) is 1.54. The van der Waals surface area contributed by atoms with E-state index >= 15 is 0 Å². The molecule has 0 bridgehead atoms. The number of rotatable bonds is 10. The number of halogens is 1. The summed E-state index contributed by atoms with van der Waals surface area (Å²) in [6.45, 7) is 3.81. The van der Waals surface area contributed by atoms with Crippen molar-refractivity contribution in [3.63, 3.8) is 0 Å². The zero-order valence-corrected chi connectivity index (χ0v) is 21.2. The SMILES string of the molecule is CCCC(=O)OCC1OC(c2ccc(Cl)c(Cc3ccc(/C(CC)=N/OC)cc3)c2)CC(O)[C@@H]1O. The van der Waals surface area contributed by atoms with E-state index in [4.69, 9.17) is 25.9 Å². The summed E-state index contributed by atoms with van der Waals surface area (Å²) in [5, 5.41) is 25.5. The number of esters is 1. The van der Waals surface area contributed by atoms with E-state index in [1.54, 1.807) is 0 Å². The van der Waals surface area contributed by atoms with Gasteiger partial charge in [-0.05, 0) is 47.6 Å². The fourth-order valence-electron chi connectivity index (χ4n) is 4.15. The van der Waals surface area contributed by atoms with Gasteiger partial charge in [0.2, 0.25) is 0 Å². The van der Waals surface area contributed by atoms with Gasteiger partial charge in [-0.25, -0.2) is 0 Å².